The molecule has 1 atom stereocenters. The molecule has 0 amide bonds. The number of fused-ring (bicyclic) bond motifs is 1. The molecule has 0 radical (unpaired) electrons. The van der Waals surface area contributed by atoms with Crippen LogP contribution in [-0.2, 0) is 16.1 Å². The van der Waals surface area contributed by atoms with Crippen molar-refractivity contribution in [1.29, 1.82) is 0 Å². The van der Waals surface area contributed by atoms with E-state index in [1.54, 1.807) is 55.7 Å². The van der Waals surface area contributed by atoms with Gasteiger partial charge in [-0.2, -0.15) is 0 Å². The van der Waals surface area contributed by atoms with Gasteiger partial charge in [-0.15, -0.1) is 0 Å². The quantitative estimate of drug-likeness (QED) is 0.197. The molecule has 2 heterocycles. The van der Waals surface area contributed by atoms with Crippen LogP contribution in [0.2, 0.25) is 10.0 Å². The Morgan fingerprint density at radius 1 is 1.07 bits per heavy atom. The molecular formula is C33H30Cl2N2O5S. The van der Waals surface area contributed by atoms with Gasteiger partial charge in [-0.05, 0) is 75.7 Å². The fourth-order valence-corrected chi connectivity index (χ4v) is 6.17. The molecule has 7 nitrogen and oxygen atoms in total. The number of rotatable bonds is 9. The van der Waals surface area contributed by atoms with Gasteiger partial charge in [-0.1, -0.05) is 64.9 Å². The van der Waals surface area contributed by atoms with Crippen LogP contribution in [0.1, 0.15) is 50.4 Å². The number of halogens is 2. The van der Waals surface area contributed by atoms with E-state index < -0.39 is 12.0 Å². The zero-order valence-corrected chi connectivity index (χ0v) is 26.4. The van der Waals surface area contributed by atoms with E-state index in [-0.39, 0.29) is 18.3 Å². The fraction of sp³-hybridized carbons (Fsp3) is 0.242. The monoisotopic (exact) mass is 636 g/mol. The summed E-state index contributed by atoms with van der Waals surface area (Å²) in [5.74, 6) is 0.709. The average molecular weight is 638 g/mol. The standard InChI is InChI=1S/C33H30Cl2N2O5S/c1-5-40-25-13-10-21(11-14-25)30-29(32(39)42-19(2)3)20(4)36-33-37(30)31(38)28(43-33)17-23-16-24(34)12-15-27(23)41-18-22-8-6-7-9-26(22)35/h6-17,19,30H,5,18H2,1-4H3/b28-17+/t30-/m0/s1. The van der Waals surface area contributed by atoms with Crippen molar-refractivity contribution < 1.29 is 19.0 Å². The summed E-state index contributed by atoms with van der Waals surface area (Å²) in [6.45, 7) is 7.99. The van der Waals surface area contributed by atoms with Crippen LogP contribution in [0.5, 0.6) is 11.5 Å². The normalized spacial score (nSPS) is 14.9. The Bertz CT molecular complexity index is 1880. The number of aromatic nitrogens is 1. The smallest absolute Gasteiger partial charge is 0.338 e. The molecule has 1 aromatic heterocycles. The van der Waals surface area contributed by atoms with Gasteiger partial charge in [-0.25, -0.2) is 9.79 Å². The maximum atomic E-state index is 14.1. The molecule has 0 saturated carbocycles. The van der Waals surface area contributed by atoms with Crippen molar-refractivity contribution in [3.05, 3.63) is 124 Å². The summed E-state index contributed by atoms with van der Waals surface area (Å²) in [6, 6.07) is 19.3. The SMILES string of the molecule is CCOc1ccc([C@H]2C(C(=O)OC(C)C)=C(C)N=c3s/c(=C/c4cc(Cl)ccc4OCc4ccccc4Cl)c(=O)n32)cc1. The third-order valence-electron chi connectivity index (χ3n) is 6.69. The molecule has 5 rings (SSSR count). The highest BCUT2D eigenvalue weighted by Crippen LogP contribution is 2.32. The lowest BCUT2D eigenvalue weighted by molar-refractivity contribution is -0.143. The van der Waals surface area contributed by atoms with Crippen molar-refractivity contribution in [3.8, 4) is 11.5 Å². The van der Waals surface area contributed by atoms with Gasteiger partial charge in [0, 0.05) is 21.2 Å². The Labute approximate surface area is 263 Å². The van der Waals surface area contributed by atoms with Gasteiger partial charge in [0.05, 0.1) is 34.6 Å². The summed E-state index contributed by atoms with van der Waals surface area (Å²) >= 11 is 13.9. The maximum Gasteiger partial charge on any atom is 0.338 e. The third-order valence-corrected chi connectivity index (χ3v) is 8.28. The van der Waals surface area contributed by atoms with E-state index in [4.69, 9.17) is 37.4 Å². The van der Waals surface area contributed by atoms with E-state index in [9.17, 15) is 9.59 Å². The number of allylic oxidation sites excluding steroid dienone is 1. The number of carbonyl (C=O) groups is 1. The van der Waals surface area contributed by atoms with E-state index in [2.05, 4.69) is 4.99 Å². The molecule has 0 N–H and O–H groups in total. The number of carbonyl (C=O) groups excluding carboxylic acids is 1. The predicted molar refractivity (Wildman–Crippen MR) is 170 cm³/mol. The van der Waals surface area contributed by atoms with Gasteiger partial charge in [-0.3, -0.25) is 9.36 Å². The second-order valence-electron chi connectivity index (χ2n) is 10.1. The third kappa shape index (κ3) is 6.72. The molecule has 10 heteroatoms. The maximum absolute atomic E-state index is 14.1. The first kappa shape index (κ1) is 30.6. The van der Waals surface area contributed by atoms with Gasteiger partial charge in [0.2, 0.25) is 0 Å². The zero-order chi connectivity index (χ0) is 30.7. The number of ether oxygens (including phenoxy) is 3. The summed E-state index contributed by atoms with van der Waals surface area (Å²) in [5, 5.41) is 1.09. The van der Waals surface area contributed by atoms with Crippen LogP contribution in [0.15, 0.2) is 87.8 Å². The number of nitrogens with zero attached hydrogens (tertiary/aromatic N) is 2. The minimum atomic E-state index is -0.740. The molecular weight excluding hydrogens is 607 g/mol. The highest BCUT2D eigenvalue weighted by molar-refractivity contribution is 7.07. The number of esters is 1. The van der Waals surface area contributed by atoms with Crippen LogP contribution in [0, 0.1) is 0 Å². The van der Waals surface area contributed by atoms with Gasteiger partial charge in [0.1, 0.15) is 18.1 Å². The van der Waals surface area contributed by atoms with Crippen molar-refractivity contribution in [3.63, 3.8) is 0 Å². The first-order valence-electron chi connectivity index (χ1n) is 13.8. The lowest BCUT2D eigenvalue weighted by Crippen LogP contribution is -2.40. The Kier molecular flexibility index (Phi) is 9.40. The van der Waals surface area contributed by atoms with Crippen LogP contribution in [0.25, 0.3) is 6.08 Å². The largest absolute Gasteiger partial charge is 0.494 e. The molecule has 0 unspecified atom stereocenters. The minimum Gasteiger partial charge on any atom is -0.494 e. The van der Waals surface area contributed by atoms with E-state index >= 15 is 0 Å². The van der Waals surface area contributed by atoms with Gasteiger partial charge in [0.15, 0.2) is 4.80 Å². The molecule has 43 heavy (non-hydrogen) atoms. The van der Waals surface area contributed by atoms with Gasteiger partial charge >= 0.3 is 5.97 Å². The summed E-state index contributed by atoms with van der Waals surface area (Å²) in [5.41, 5.74) is 2.68. The topological polar surface area (TPSA) is 79.1 Å². The van der Waals surface area contributed by atoms with E-state index in [0.29, 0.717) is 54.3 Å². The van der Waals surface area contributed by atoms with E-state index in [1.165, 1.54) is 11.3 Å². The first-order chi connectivity index (χ1) is 20.7. The van der Waals surface area contributed by atoms with Gasteiger partial charge < -0.3 is 14.2 Å². The average Bonchev–Trinajstić information content (AvgIpc) is 3.26. The molecule has 0 fully saturated rings. The first-order valence-corrected chi connectivity index (χ1v) is 15.4. The summed E-state index contributed by atoms with van der Waals surface area (Å²) in [6.07, 6.45) is 1.39. The molecule has 0 spiro atoms. The Hall–Kier alpha value is -3.85. The lowest BCUT2D eigenvalue weighted by Gasteiger charge is -2.25. The van der Waals surface area contributed by atoms with Crippen molar-refractivity contribution in [2.75, 3.05) is 6.61 Å². The molecule has 0 bridgehead atoms. The molecule has 1 aliphatic heterocycles. The van der Waals surface area contributed by atoms with Crippen LogP contribution < -0.4 is 24.4 Å². The highest BCUT2D eigenvalue weighted by Gasteiger charge is 2.33. The number of thiazole rings is 1. The summed E-state index contributed by atoms with van der Waals surface area (Å²) in [7, 11) is 0. The highest BCUT2D eigenvalue weighted by atomic mass is 35.5. The molecule has 4 aromatic rings. The molecule has 0 aliphatic carbocycles. The number of benzene rings is 3. The summed E-state index contributed by atoms with van der Waals surface area (Å²) in [4.78, 5) is 32.6. The summed E-state index contributed by atoms with van der Waals surface area (Å²) < 4.78 is 19.3. The van der Waals surface area contributed by atoms with Crippen LogP contribution in [0.4, 0.5) is 0 Å². The second-order valence-corrected chi connectivity index (χ2v) is 12.0. The van der Waals surface area contributed by atoms with Crippen molar-refractivity contribution in [2.24, 2.45) is 4.99 Å². The Morgan fingerprint density at radius 2 is 1.81 bits per heavy atom. The zero-order valence-electron chi connectivity index (χ0n) is 24.1. The number of hydrogen-bond acceptors (Lipinski definition) is 7. The lowest BCUT2D eigenvalue weighted by atomic mass is 9.96. The Balaban J connectivity index is 1.61. The molecule has 3 aromatic carbocycles. The second kappa shape index (κ2) is 13.2. The van der Waals surface area contributed by atoms with Crippen molar-refractivity contribution in [1.82, 2.24) is 4.57 Å². The van der Waals surface area contributed by atoms with Crippen LogP contribution >= 0.6 is 34.5 Å². The fourth-order valence-electron chi connectivity index (χ4n) is 4.76. The van der Waals surface area contributed by atoms with E-state index in [0.717, 1.165) is 11.1 Å². The van der Waals surface area contributed by atoms with Crippen LogP contribution in [0.3, 0.4) is 0 Å². The molecule has 222 valence electrons. The molecule has 1 aliphatic rings. The van der Waals surface area contributed by atoms with E-state index in [1.807, 2.05) is 49.4 Å². The predicted octanol–water partition coefficient (Wildman–Crippen LogP) is 6.47. The Morgan fingerprint density at radius 3 is 2.51 bits per heavy atom. The van der Waals surface area contributed by atoms with Crippen LogP contribution in [-0.4, -0.2) is 23.2 Å². The van der Waals surface area contributed by atoms with Crippen molar-refractivity contribution in [2.45, 2.75) is 46.4 Å². The van der Waals surface area contributed by atoms with Crippen molar-refractivity contribution >= 4 is 46.6 Å². The number of hydrogen-bond donors (Lipinski definition) is 0. The minimum absolute atomic E-state index is 0.238. The molecule has 0 saturated heterocycles. The van der Waals surface area contributed by atoms with Gasteiger partial charge in [0.25, 0.3) is 5.56 Å².